The standard InChI is InChI=1S/C11H19N7O2/c1-13-8(19)7-6-20-5-4-18(7)11-15-9(12)14-10(16-11)17(2)3/h7H,4-6H2,1-3H3,(H,13,19)(H2,12,14,15,16). The lowest BCUT2D eigenvalue weighted by Crippen LogP contribution is -2.54. The number of nitrogens with one attached hydrogen (secondary N) is 1. The highest BCUT2D eigenvalue weighted by Gasteiger charge is 2.31. The molecule has 1 saturated heterocycles. The Balaban J connectivity index is 2.34. The molecule has 2 rings (SSSR count). The van der Waals surface area contributed by atoms with Crippen LogP contribution in [0.5, 0.6) is 0 Å². The number of nitrogen functional groups attached to an aromatic ring is 1. The maximum absolute atomic E-state index is 11.9. The zero-order chi connectivity index (χ0) is 14.7. The molecule has 3 N–H and O–H groups in total. The van der Waals surface area contributed by atoms with E-state index in [1.54, 1.807) is 16.8 Å². The molecule has 1 unspecified atom stereocenters. The van der Waals surface area contributed by atoms with Crippen LogP contribution in [0.1, 0.15) is 0 Å². The van der Waals surface area contributed by atoms with Gasteiger partial charge in [-0.25, -0.2) is 0 Å². The maximum atomic E-state index is 11.9. The quantitative estimate of drug-likeness (QED) is 0.687. The Morgan fingerprint density at radius 2 is 2.20 bits per heavy atom. The molecule has 1 aromatic heterocycles. The largest absolute Gasteiger partial charge is 0.377 e. The van der Waals surface area contributed by atoms with Crippen molar-refractivity contribution in [3.8, 4) is 0 Å². The summed E-state index contributed by atoms with van der Waals surface area (Å²) in [6, 6.07) is -0.467. The number of nitrogens with two attached hydrogens (primary N) is 1. The summed E-state index contributed by atoms with van der Waals surface area (Å²) < 4.78 is 5.35. The van der Waals surface area contributed by atoms with Crippen molar-refractivity contribution < 1.29 is 9.53 Å². The summed E-state index contributed by atoms with van der Waals surface area (Å²) in [4.78, 5) is 27.9. The summed E-state index contributed by atoms with van der Waals surface area (Å²) >= 11 is 0. The van der Waals surface area contributed by atoms with E-state index in [-0.39, 0.29) is 11.9 Å². The van der Waals surface area contributed by atoms with E-state index in [0.717, 1.165) is 0 Å². The van der Waals surface area contributed by atoms with Gasteiger partial charge in [-0.2, -0.15) is 15.0 Å². The molecule has 9 heteroatoms. The lowest BCUT2D eigenvalue weighted by molar-refractivity contribution is -0.124. The van der Waals surface area contributed by atoms with Crippen molar-refractivity contribution >= 4 is 23.8 Å². The first-order valence-electron chi connectivity index (χ1n) is 6.27. The lowest BCUT2D eigenvalue weighted by atomic mass is 10.2. The molecule has 0 aliphatic carbocycles. The first-order chi connectivity index (χ1) is 9.52. The monoisotopic (exact) mass is 281 g/mol. The second-order valence-electron chi connectivity index (χ2n) is 4.59. The second-order valence-corrected chi connectivity index (χ2v) is 4.59. The van der Waals surface area contributed by atoms with Gasteiger partial charge in [0.05, 0.1) is 13.2 Å². The molecule has 0 saturated carbocycles. The predicted molar refractivity (Wildman–Crippen MR) is 74.6 cm³/mol. The molecule has 20 heavy (non-hydrogen) atoms. The minimum absolute atomic E-state index is 0.126. The summed E-state index contributed by atoms with van der Waals surface area (Å²) in [6.45, 7) is 1.33. The van der Waals surface area contributed by atoms with Gasteiger partial charge in [0.1, 0.15) is 6.04 Å². The summed E-state index contributed by atoms with van der Waals surface area (Å²) in [5.74, 6) is 0.823. The molecule has 9 nitrogen and oxygen atoms in total. The molecule has 1 aromatic rings. The van der Waals surface area contributed by atoms with Crippen LogP contribution in [0.2, 0.25) is 0 Å². The third-order valence-electron chi connectivity index (χ3n) is 2.96. The first kappa shape index (κ1) is 14.3. The SMILES string of the molecule is CNC(=O)C1COCCN1c1nc(N)nc(N(C)C)n1. The van der Waals surface area contributed by atoms with Crippen LogP contribution >= 0.6 is 0 Å². The highest BCUT2D eigenvalue weighted by Crippen LogP contribution is 2.18. The summed E-state index contributed by atoms with van der Waals surface area (Å²) in [7, 11) is 5.21. The lowest BCUT2D eigenvalue weighted by Gasteiger charge is -2.34. The topological polar surface area (TPSA) is 110 Å². The number of nitrogens with zero attached hydrogens (tertiary/aromatic N) is 5. The van der Waals surface area contributed by atoms with Crippen LogP contribution in [0.4, 0.5) is 17.8 Å². The minimum Gasteiger partial charge on any atom is -0.377 e. The van der Waals surface area contributed by atoms with Gasteiger partial charge in [0, 0.05) is 27.7 Å². The van der Waals surface area contributed by atoms with E-state index in [9.17, 15) is 4.79 Å². The number of amides is 1. The van der Waals surface area contributed by atoms with Crippen LogP contribution in [0, 0.1) is 0 Å². The summed E-state index contributed by atoms with van der Waals surface area (Å²) in [6.07, 6.45) is 0. The molecule has 0 aromatic carbocycles. The van der Waals surface area contributed by atoms with E-state index in [2.05, 4.69) is 20.3 Å². The molecule has 2 heterocycles. The van der Waals surface area contributed by atoms with Gasteiger partial charge in [-0.05, 0) is 0 Å². The predicted octanol–water partition coefficient (Wildman–Crippen LogP) is -1.53. The first-order valence-corrected chi connectivity index (χ1v) is 6.27. The Kier molecular flexibility index (Phi) is 4.18. The molecule has 110 valence electrons. The van der Waals surface area contributed by atoms with Crippen molar-refractivity contribution in [2.45, 2.75) is 6.04 Å². The van der Waals surface area contributed by atoms with Gasteiger partial charge < -0.3 is 25.6 Å². The average molecular weight is 281 g/mol. The van der Waals surface area contributed by atoms with Gasteiger partial charge >= 0.3 is 0 Å². The third-order valence-corrected chi connectivity index (χ3v) is 2.96. The Morgan fingerprint density at radius 1 is 1.45 bits per heavy atom. The van der Waals surface area contributed by atoms with Crippen LogP contribution in [0.25, 0.3) is 0 Å². The molecular formula is C11H19N7O2. The Morgan fingerprint density at radius 3 is 2.85 bits per heavy atom. The zero-order valence-electron chi connectivity index (χ0n) is 11.8. The van der Waals surface area contributed by atoms with Crippen molar-refractivity contribution in [1.29, 1.82) is 0 Å². The van der Waals surface area contributed by atoms with Crippen LogP contribution < -0.4 is 20.9 Å². The molecule has 0 bridgehead atoms. The van der Waals surface area contributed by atoms with Crippen LogP contribution in [0.3, 0.4) is 0 Å². The van der Waals surface area contributed by atoms with E-state index in [0.29, 0.717) is 31.7 Å². The fourth-order valence-electron chi connectivity index (χ4n) is 1.92. The number of carbonyl (C=O) groups excluding carboxylic acids is 1. The molecule has 1 fully saturated rings. The number of morpholine rings is 1. The number of ether oxygens (including phenoxy) is 1. The van der Waals surface area contributed by atoms with Crippen LogP contribution in [-0.2, 0) is 9.53 Å². The van der Waals surface area contributed by atoms with Crippen molar-refractivity contribution in [1.82, 2.24) is 20.3 Å². The van der Waals surface area contributed by atoms with Gasteiger partial charge in [-0.3, -0.25) is 4.79 Å². The Labute approximate surface area is 117 Å². The van der Waals surface area contributed by atoms with Gasteiger partial charge in [0.15, 0.2) is 0 Å². The van der Waals surface area contributed by atoms with Gasteiger partial charge in [-0.15, -0.1) is 0 Å². The second kappa shape index (κ2) is 5.87. The maximum Gasteiger partial charge on any atom is 0.244 e. The van der Waals surface area contributed by atoms with Crippen molar-refractivity contribution in [3.63, 3.8) is 0 Å². The van der Waals surface area contributed by atoms with Gasteiger partial charge in [-0.1, -0.05) is 0 Å². The van der Waals surface area contributed by atoms with E-state index < -0.39 is 6.04 Å². The van der Waals surface area contributed by atoms with Gasteiger partial charge in [0.2, 0.25) is 23.8 Å². The fraction of sp³-hybridized carbons (Fsp3) is 0.636. The number of hydrogen-bond acceptors (Lipinski definition) is 8. The minimum atomic E-state index is -0.467. The summed E-state index contributed by atoms with van der Waals surface area (Å²) in [5.41, 5.74) is 5.71. The van der Waals surface area contributed by atoms with E-state index in [1.165, 1.54) is 0 Å². The molecule has 0 spiro atoms. The molecule has 1 aliphatic heterocycles. The molecule has 0 radical (unpaired) electrons. The van der Waals surface area contributed by atoms with Gasteiger partial charge in [0.25, 0.3) is 0 Å². The Bertz CT molecular complexity index is 494. The zero-order valence-corrected chi connectivity index (χ0v) is 11.8. The van der Waals surface area contributed by atoms with E-state index in [1.807, 2.05) is 14.1 Å². The third kappa shape index (κ3) is 2.87. The molecule has 1 amide bonds. The van der Waals surface area contributed by atoms with Crippen molar-refractivity contribution in [3.05, 3.63) is 0 Å². The Hall–Kier alpha value is -2.16. The van der Waals surface area contributed by atoms with Crippen LogP contribution in [-0.4, -0.2) is 67.8 Å². The number of carbonyl (C=O) groups is 1. The number of hydrogen-bond donors (Lipinski definition) is 2. The van der Waals surface area contributed by atoms with Crippen LogP contribution in [0.15, 0.2) is 0 Å². The fourth-order valence-corrected chi connectivity index (χ4v) is 1.92. The average Bonchev–Trinajstić information content (AvgIpc) is 2.45. The number of anilines is 3. The van der Waals surface area contributed by atoms with Crippen molar-refractivity contribution in [2.24, 2.45) is 0 Å². The number of likely N-dealkylation sites (N-methyl/N-ethyl adjacent to an activating group) is 1. The highest BCUT2D eigenvalue weighted by atomic mass is 16.5. The number of aromatic nitrogens is 3. The van der Waals surface area contributed by atoms with E-state index in [4.69, 9.17) is 10.5 Å². The highest BCUT2D eigenvalue weighted by molar-refractivity contribution is 5.84. The van der Waals surface area contributed by atoms with E-state index >= 15 is 0 Å². The van der Waals surface area contributed by atoms with Crippen molar-refractivity contribution in [2.75, 3.05) is 56.4 Å². The number of rotatable bonds is 3. The molecular weight excluding hydrogens is 262 g/mol. The smallest absolute Gasteiger partial charge is 0.244 e. The molecule has 1 aliphatic rings. The molecule has 1 atom stereocenters. The normalized spacial score (nSPS) is 18.8. The summed E-state index contributed by atoms with van der Waals surface area (Å²) in [5, 5.41) is 2.61.